The molecule has 2 N–H and O–H groups in total. The van der Waals surface area contributed by atoms with Crippen molar-refractivity contribution in [1.82, 2.24) is 20.4 Å². The fourth-order valence-electron chi connectivity index (χ4n) is 1.36. The molecule has 15 heavy (non-hydrogen) atoms. The summed E-state index contributed by atoms with van der Waals surface area (Å²) in [6.45, 7) is 2.73. The van der Waals surface area contributed by atoms with Crippen LogP contribution in [0.25, 0.3) is 0 Å². The number of hydrogen-bond acceptors (Lipinski definition) is 2. The average Bonchev–Trinajstić information content (AvgIpc) is 2.92. The van der Waals surface area contributed by atoms with Crippen LogP contribution in [0.4, 0.5) is 0 Å². The van der Waals surface area contributed by atoms with E-state index in [1.54, 1.807) is 0 Å². The summed E-state index contributed by atoms with van der Waals surface area (Å²) in [6.07, 6.45) is 2.48. The van der Waals surface area contributed by atoms with E-state index in [0.29, 0.717) is 12.6 Å². The van der Waals surface area contributed by atoms with Crippen LogP contribution < -0.4 is 10.6 Å². The second-order valence-corrected chi connectivity index (χ2v) is 4.41. The van der Waals surface area contributed by atoms with Gasteiger partial charge in [-0.3, -0.25) is 4.68 Å². The summed E-state index contributed by atoms with van der Waals surface area (Å²) >= 11 is 5.15. The smallest absolute Gasteiger partial charge is 0.166 e. The maximum Gasteiger partial charge on any atom is 0.166 e. The molecule has 0 unspecified atom stereocenters. The minimum absolute atomic E-state index is 0.607. The monoisotopic (exact) mass is 224 g/mol. The minimum Gasteiger partial charge on any atom is -0.360 e. The summed E-state index contributed by atoms with van der Waals surface area (Å²) in [7, 11) is 1.94. The van der Waals surface area contributed by atoms with Gasteiger partial charge in [-0.15, -0.1) is 0 Å². The van der Waals surface area contributed by atoms with Crippen molar-refractivity contribution < 1.29 is 0 Å². The largest absolute Gasteiger partial charge is 0.360 e. The highest BCUT2D eigenvalue weighted by Crippen LogP contribution is 2.18. The molecule has 0 radical (unpaired) electrons. The van der Waals surface area contributed by atoms with Crippen LogP contribution in [0.3, 0.4) is 0 Å². The van der Waals surface area contributed by atoms with Crippen LogP contribution in [0.5, 0.6) is 0 Å². The van der Waals surface area contributed by atoms with Crippen molar-refractivity contribution in [2.45, 2.75) is 32.4 Å². The maximum absolute atomic E-state index is 5.15. The quantitative estimate of drug-likeness (QED) is 0.747. The van der Waals surface area contributed by atoms with Crippen molar-refractivity contribution in [2.75, 3.05) is 0 Å². The number of rotatable bonds is 3. The van der Waals surface area contributed by atoms with Gasteiger partial charge >= 0.3 is 0 Å². The highest BCUT2D eigenvalue weighted by atomic mass is 32.1. The van der Waals surface area contributed by atoms with E-state index >= 15 is 0 Å². The van der Waals surface area contributed by atoms with Crippen molar-refractivity contribution in [3.05, 3.63) is 17.5 Å². The lowest BCUT2D eigenvalue weighted by Gasteiger charge is -2.07. The Morgan fingerprint density at radius 3 is 2.93 bits per heavy atom. The van der Waals surface area contributed by atoms with Gasteiger partial charge in [0.05, 0.1) is 12.2 Å². The number of aromatic nitrogens is 2. The molecule has 1 heterocycles. The Hall–Kier alpha value is -1.10. The second-order valence-electron chi connectivity index (χ2n) is 4.00. The van der Waals surface area contributed by atoms with E-state index in [9.17, 15) is 0 Å². The lowest BCUT2D eigenvalue weighted by Crippen LogP contribution is -2.36. The van der Waals surface area contributed by atoms with Gasteiger partial charge in [0, 0.05) is 18.8 Å². The van der Waals surface area contributed by atoms with E-state index in [2.05, 4.69) is 21.8 Å². The molecule has 82 valence electrons. The Balaban J connectivity index is 1.78. The summed E-state index contributed by atoms with van der Waals surface area (Å²) in [5, 5.41) is 11.5. The normalized spacial score (nSPS) is 15.1. The average molecular weight is 224 g/mol. The van der Waals surface area contributed by atoms with Crippen molar-refractivity contribution in [3.63, 3.8) is 0 Å². The molecule has 4 nitrogen and oxygen atoms in total. The first-order chi connectivity index (χ1) is 7.15. The predicted octanol–water partition coefficient (Wildman–Crippen LogP) is 0.855. The van der Waals surface area contributed by atoms with E-state index < -0.39 is 0 Å². The highest BCUT2D eigenvalue weighted by molar-refractivity contribution is 7.80. The summed E-state index contributed by atoms with van der Waals surface area (Å²) in [6, 6.07) is 2.67. The SMILES string of the molecule is Cc1cc(CNC(=S)NC2CC2)nn1C. The van der Waals surface area contributed by atoms with Crippen LogP contribution in [-0.4, -0.2) is 20.9 Å². The molecule has 0 aliphatic heterocycles. The Kier molecular flexibility index (Phi) is 2.90. The van der Waals surface area contributed by atoms with Gasteiger partial charge in [-0.1, -0.05) is 0 Å². The number of nitrogens with zero attached hydrogens (tertiary/aromatic N) is 2. The molecule has 0 spiro atoms. The molecular weight excluding hydrogens is 208 g/mol. The van der Waals surface area contributed by atoms with Crippen molar-refractivity contribution in [3.8, 4) is 0 Å². The molecule has 1 aliphatic carbocycles. The first-order valence-electron chi connectivity index (χ1n) is 5.19. The Morgan fingerprint density at radius 2 is 2.40 bits per heavy atom. The minimum atomic E-state index is 0.607. The number of nitrogens with one attached hydrogen (secondary N) is 2. The fourth-order valence-corrected chi connectivity index (χ4v) is 1.60. The third-order valence-electron chi connectivity index (χ3n) is 2.51. The van der Waals surface area contributed by atoms with Gasteiger partial charge in [0.15, 0.2) is 5.11 Å². The topological polar surface area (TPSA) is 41.9 Å². The Bertz CT molecular complexity index is 348. The van der Waals surface area contributed by atoms with E-state index in [4.69, 9.17) is 12.2 Å². The first kappa shape index (κ1) is 10.4. The molecule has 0 atom stereocenters. The molecule has 0 amide bonds. The van der Waals surface area contributed by atoms with E-state index in [0.717, 1.165) is 16.5 Å². The molecule has 1 aromatic heterocycles. The molecule has 1 aromatic rings. The zero-order valence-electron chi connectivity index (χ0n) is 9.08. The van der Waals surface area contributed by atoms with E-state index in [-0.39, 0.29) is 0 Å². The lowest BCUT2D eigenvalue weighted by atomic mass is 10.4. The molecule has 2 rings (SSSR count). The molecule has 1 aliphatic rings. The molecule has 1 fully saturated rings. The van der Waals surface area contributed by atoms with Crippen LogP contribution in [0.2, 0.25) is 0 Å². The maximum atomic E-state index is 5.15. The fraction of sp³-hybridized carbons (Fsp3) is 0.600. The third-order valence-corrected chi connectivity index (χ3v) is 2.77. The van der Waals surface area contributed by atoms with Crippen LogP contribution >= 0.6 is 12.2 Å². The van der Waals surface area contributed by atoms with Gasteiger partial charge in [0.25, 0.3) is 0 Å². The molecular formula is C10H16N4S. The molecule has 1 saturated carbocycles. The van der Waals surface area contributed by atoms with Gasteiger partial charge in [0.1, 0.15) is 0 Å². The van der Waals surface area contributed by atoms with E-state index in [1.807, 2.05) is 18.7 Å². The van der Waals surface area contributed by atoms with Crippen LogP contribution in [0.1, 0.15) is 24.2 Å². The first-order valence-corrected chi connectivity index (χ1v) is 5.60. The second kappa shape index (κ2) is 4.18. The van der Waals surface area contributed by atoms with Gasteiger partial charge in [0.2, 0.25) is 0 Å². The predicted molar refractivity (Wildman–Crippen MR) is 63.5 cm³/mol. The third kappa shape index (κ3) is 2.92. The van der Waals surface area contributed by atoms with Crippen LogP contribution in [-0.2, 0) is 13.6 Å². The zero-order chi connectivity index (χ0) is 10.8. The number of thiocarbonyl (C=S) groups is 1. The van der Waals surface area contributed by atoms with E-state index in [1.165, 1.54) is 12.8 Å². The molecule has 0 saturated heterocycles. The van der Waals surface area contributed by atoms with Crippen molar-refractivity contribution in [2.24, 2.45) is 7.05 Å². The molecule has 5 heteroatoms. The van der Waals surface area contributed by atoms with Gasteiger partial charge in [-0.25, -0.2) is 0 Å². The zero-order valence-corrected chi connectivity index (χ0v) is 9.90. The summed E-state index contributed by atoms with van der Waals surface area (Å²) in [4.78, 5) is 0. The van der Waals surface area contributed by atoms with Gasteiger partial charge in [-0.2, -0.15) is 5.10 Å². The van der Waals surface area contributed by atoms with Crippen LogP contribution in [0, 0.1) is 6.92 Å². The highest BCUT2D eigenvalue weighted by Gasteiger charge is 2.21. The van der Waals surface area contributed by atoms with Crippen LogP contribution in [0.15, 0.2) is 6.07 Å². The number of hydrogen-bond donors (Lipinski definition) is 2. The van der Waals surface area contributed by atoms with Crippen molar-refractivity contribution >= 4 is 17.3 Å². The Morgan fingerprint density at radius 1 is 1.67 bits per heavy atom. The lowest BCUT2D eigenvalue weighted by molar-refractivity contribution is 0.708. The summed E-state index contributed by atoms with van der Waals surface area (Å²) in [5.41, 5.74) is 2.18. The van der Waals surface area contributed by atoms with Gasteiger partial charge in [-0.05, 0) is 38.0 Å². The van der Waals surface area contributed by atoms with Crippen molar-refractivity contribution in [1.29, 1.82) is 0 Å². The summed E-state index contributed by atoms with van der Waals surface area (Å²) < 4.78 is 1.87. The summed E-state index contributed by atoms with van der Waals surface area (Å²) in [5.74, 6) is 0. The Labute approximate surface area is 95.0 Å². The van der Waals surface area contributed by atoms with Gasteiger partial charge < -0.3 is 10.6 Å². The number of aryl methyl sites for hydroxylation is 2. The standard InChI is InChI=1S/C10H16N4S/c1-7-5-9(13-14(7)2)6-11-10(15)12-8-3-4-8/h5,8H,3-4,6H2,1-2H3,(H2,11,12,15). The molecule has 0 aromatic carbocycles. The molecule has 0 bridgehead atoms.